The van der Waals surface area contributed by atoms with E-state index < -0.39 is 0 Å². The predicted octanol–water partition coefficient (Wildman–Crippen LogP) is 2.04. The molecule has 0 fully saturated rings. The zero-order chi connectivity index (χ0) is 12.0. The van der Waals surface area contributed by atoms with E-state index in [1.165, 1.54) is 5.56 Å². The van der Waals surface area contributed by atoms with Gasteiger partial charge in [-0.15, -0.1) is 0 Å². The Kier molecular flexibility index (Phi) is 5.29. The lowest BCUT2D eigenvalue weighted by molar-refractivity contribution is 0.265. The second-order valence-electron chi connectivity index (χ2n) is 3.83. The van der Waals surface area contributed by atoms with Crippen molar-refractivity contribution in [3.63, 3.8) is 0 Å². The number of hydrogen-bond acceptors (Lipinski definition) is 3. The van der Waals surface area contributed by atoms with Crippen LogP contribution >= 0.6 is 0 Å². The Morgan fingerprint density at radius 3 is 2.75 bits per heavy atom. The number of ether oxygens (including phenoxy) is 1. The van der Waals surface area contributed by atoms with Gasteiger partial charge in [0.2, 0.25) is 0 Å². The lowest BCUT2D eigenvalue weighted by atomic mass is 10.0. The molecule has 0 bridgehead atoms. The average Bonchev–Trinajstić information content (AvgIpc) is 2.29. The second-order valence-corrected chi connectivity index (χ2v) is 3.83. The van der Waals surface area contributed by atoms with Gasteiger partial charge in [0.15, 0.2) is 0 Å². The molecule has 90 valence electrons. The average molecular weight is 223 g/mol. The van der Waals surface area contributed by atoms with E-state index in [-0.39, 0.29) is 12.6 Å². The van der Waals surface area contributed by atoms with E-state index in [2.05, 4.69) is 18.3 Å². The maximum Gasteiger partial charge on any atom is 0.124 e. The van der Waals surface area contributed by atoms with Gasteiger partial charge in [0, 0.05) is 18.2 Å². The van der Waals surface area contributed by atoms with Crippen molar-refractivity contribution >= 4 is 0 Å². The summed E-state index contributed by atoms with van der Waals surface area (Å²) in [7, 11) is 1.90. The first-order valence-corrected chi connectivity index (χ1v) is 5.74. The zero-order valence-corrected chi connectivity index (χ0v) is 10.3. The fourth-order valence-corrected chi connectivity index (χ4v) is 1.81. The lowest BCUT2D eigenvalue weighted by Crippen LogP contribution is -2.18. The maximum atomic E-state index is 9.04. The van der Waals surface area contributed by atoms with Gasteiger partial charge in [-0.2, -0.15) is 0 Å². The summed E-state index contributed by atoms with van der Waals surface area (Å²) in [6, 6.07) is 6.30. The number of benzene rings is 1. The van der Waals surface area contributed by atoms with E-state index in [1.54, 1.807) is 0 Å². The minimum absolute atomic E-state index is 0.145. The Balaban J connectivity index is 3.01. The number of aliphatic hydroxyl groups is 1. The highest BCUT2D eigenvalue weighted by Crippen LogP contribution is 2.28. The summed E-state index contributed by atoms with van der Waals surface area (Å²) in [5.74, 6) is 0.904. The van der Waals surface area contributed by atoms with Crippen molar-refractivity contribution < 1.29 is 9.84 Å². The summed E-state index contributed by atoms with van der Waals surface area (Å²) in [6.07, 6.45) is 0.694. The van der Waals surface area contributed by atoms with E-state index >= 15 is 0 Å². The van der Waals surface area contributed by atoms with Gasteiger partial charge in [-0.05, 0) is 33.4 Å². The quantitative estimate of drug-likeness (QED) is 0.775. The molecule has 2 N–H and O–H groups in total. The number of hydrogen-bond donors (Lipinski definition) is 2. The minimum atomic E-state index is 0.145. The van der Waals surface area contributed by atoms with Gasteiger partial charge in [0.25, 0.3) is 0 Å². The minimum Gasteiger partial charge on any atom is -0.494 e. The van der Waals surface area contributed by atoms with Gasteiger partial charge in [-0.1, -0.05) is 17.7 Å². The molecule has 1 aromatic rings. The first-order chi connectivity index (χ1) is 7.72. The number of aryl methyl sites for hydroxylation is 1. The Labute approximate surface area is 97.4 Å². The molecule has 1 unspecified atom stereocenters. The predicted molar refractivity (Wildman–Crippen MR) is 65.9 cm³/mol. The van der Waals surface area contributed by atoms with Crippen molar-refractivity contribution in [2.24, 2.45) is 0 Å². The molecule has 0 saturated heterocycles. The summed E-state index contributed by atoms with van der Waals surface area (Å²) in [4.78, 5) is 0. The Bertz CT molecular complexity index is 326. The second kappa shape index (κ2) is 6.51. The molecule has 0 heterocycles. The van der Waals surface area contributed by atoms with Crippen LogP contribution in [-0.4, -0.2) is 25.4 Å². The maximum absolute atomic E-state index is 9.04. The standard InChI is InChI=1S/C13H21NO2/c1-4-16-13-6-5-10(2)9-11(13)12(14-3)7-8-15/h5-6,9,12,14-15H,4,7-8H2,1-3H3. The van der Waals surface area contributed by atoms with Crippen LogP contribution in [0.2, 0.25) is 0 Å². The van der Waals surface area contributed by atoms with Crippen LogP contribution in [0.3, 0.4) is 0 Å². The van der Waals surface area contributed by atoms with Gasteiger partial charge < -0.3 is 15.2 Å². The highest BCUT2D eigenvalue weighted by atomic mass is 16.5. The normalized spacial score (nSPS) is 12.5. The number of rotatable bonds is 6. The van der Waals surface area contributed by atoms with Gasteiger partial charge in [0.1, 0.15) is 5.75 Å². The molecule has 0 saturated carbocycles. The highest BCUT2D eigenvalue weighted by molar-refractivity contribution is 5.39. The van der Waals surface area contributed by atoms with E-state index in [0.717, 1.165) is 11.3 Å². The molecular weight excluding hydrogens is 202 g/mol. The van der Waals surface area contributed by atoms with Crippen LogP contribution in [-0.2, 0) is 0 Å². The summed E-state index contributed by atoms with van der Waals surface area (Å²) < 4.78 is 5.60. The molecule has 1 aromatic carbocycles. The Morgan fingerprint density at radius 1 is 1.44 bits per heavy atom. The molecule has 0 spiro atoms. The van der Waals surface area contributed by atoms with Crippen LogP contribution in [0.4, 0.5) is 0 Å². The Hall–Kier alpha value is -1.06. The van der Waals surface area contributed by atoms with Gasteiger partial charge in [0.05, 0.1) is 6.61 Å². The SMILES string of the molecule is CCOc1ccc(C)cc1C(CCO)NC. The van der Waals surface area contributed by atoms with Crippen LogP contribution in [0.5, 0.6) is 5.75 Å². The van der Waals surface area contributed by atoms with E-state index in [4.69, 9.17) is 9.84 Å². The van der Waals surface area contributed by atoms with E-state index in [9.17, 15) is 0 Å². The van der Waals surface area contributed by atoms with Crippen molar-refractivity contribution in [3.05, 3.63) is 29.3 Å². The molecule has 3 heteroatoms. The van der Waals surface area contributed by atoms with Crippen LogP contribution in [0, 0.1) is 6.92 Å². The molecule has 0 amide bonds. The monoisotopic (exact) mass is 223 g/mol. The summed E-state index contributed by atoms with van der Waals surface area (Å²) in [6.45, 7) is 4.87. The third kappa shape index (κ3) is 3.22. The molecule has 0 aromatic heterocycles. The largest absolute Gasteiger partial charge is 0.494 e. The van der Waals surface area contributed by atoms with Gasteiger partial charge in [-0.25, -0.2) is 0 Å². The molecule has 3 nitrogen and oxygen atoms in total. The molecule has 1 rings (SSSR count). The first kappa shape index (κ1) is 13.0. The summed E-state index contributed by atoms with van der Waals surface area (Å²) in [5, 5.41) is 12.2. The zero-order valence-electron chi connectivity index (χ0n) is 10.3. The molecule has 0 aliphatic carbocycles. The molecular formula is C13H21NO2. The van der Waals surface area contributed by atoms with Crippen molar-refractivity contribution in [2.45, 2.75) is 26.3 Å². The molecule has 0 radical (unpaired) electrons. The van der Waals surface area contributed by atoms with Crippen LogP contribution in [0.15, 0.2) is 18.2 Å². The summed E-state index contributed by atoms with van der Waals surface area (Å²) in [5.41, 5.74) is 2.33. The molecule has 16 heavy (non-hydrogen) atoms. The van der Waals surface area contributed by atoms with Crippen molar-refractivity contribution in [2.75, 3.05) is 20.3 Å². The molecule has 1 atom stereocenters. The first-order valence-electron chi connectivity index (χ1n) is 5.74. The van der Waals surface area contributed by atoms with Crippen LogP contribution < -0.4 is 10.1 Å². The van der Waals surface area contributed by atoms with Crippen LogP contribution in [0.25, 0.3) is 0 Å². The smallest absolute Gasteiger partial charge is 0.124 e. The highest BCUT2D eigenvalue weighted by Gasteiger charge is 2.14. The van der Waals surface area contributed by atoms with E-state index in [0.29, 0.717) is 13.0 Å². The third-order valence-electron chi connectivity index (χ3n) is 2.61. The van der Waals surface area contributed by atoms with Crippen molar-refractivity contribution in [1.82, 2.24) is 5.32 Å². The van der Waals surface area contributed by atoms with Gasteiger partial charge in [-0.3, -0.25) is 0 Å². The number of nitrogens with one attached hydrogen (secondary N) is 1. The Morgan fingerprint density at radius 2 is 2.19 bits per heavy atom. The number of aliphatic hydroxyl groups excluding tert-OH is 1. The third-order valence-corrected chi connectivity index (χ3v) is 2.61. The van der Waals surface area contributed by atoms with E-state index in [1.807, 2.05) is 26.1 Å². The van der Waals surface area contributed by atoms with Gasteiger partial charge >= 0.3 is 0 Å². The lowest BCUT2D eigenvalue weighted by Gasteiger charge is -2.19. The molecule has 0 aliphatic heterocycles. The van der Waals surface area contributed by atoms with Crippen molar-refractivity contribution in [1.29, 1.82) is 0 Å². The van der Waals surface area contributed by atoms with Crippen LogP contribution in [0.1, 0.15) is 30.5 Å². The molecule has 0 aliphatic rings. The van der Waals surface area contributed by atoms with Crippen molar-refractivity contribution in [3.8, 4) is 5.75 Å². The summed E-state index contributed by atoms with van der Waals surface area (Å²) >= 11 is 0. The fourth-order valence-electron chi connectivity index (χ4n) is 1.81. The fraction of sp³-hybridized carbons (Fsp3) is 0.538. The topological polar surface area (TPSA) is 41.5 Å².